The van der Waals surface area contributed by atoms with Crippen LogP contribution in [-0.2, 0) is 11.2 Å². The smallest absolute Gasteiger partial charge is 0.226 e. The van der Waals surface area contributed by atoms with E-state index in [1.807, 2.05) is 0 Å². The third-order valence-electron chi connectivity index (χ3n) is 1.59. The maximum atomic E-state index is 11.2. The summed E-state index contributed by atoms with van der Waals surface area (Å²) in [5, 5.41) is 17.7. The number of hydrogen-bond acceptors (Lipinski definition) is 3. The number of nitrogens with one attached hydrogen (secondary N) is 2. The van der Waals surface area contributed by atoms with Crippen LogP contribution in [0.4, 0.5) is 0 Å². The Hall–Kier alpha value is -1.36. The van der Waals surface area contributed by atoms with Crippen molar-refractivity contribution in [3.05, 3.63) is 18.0 Å². The van der Waals surface area contributed by atoms with E-state index < -0.39 is 0 Å². The van der Waals surface area contributed by atoms with Crippen LogP contribution in [0.1, 0.15) is 12.6 Å². The summed E-state index contributed by atoms with van der Waals surface area (Å²) >= 11 is 0. The van der Waals surface area contributed by atoms with Gasteiger partial charge in [-0.25, -0.2) is 0 Å². The highest BCUT2D eigenvalue weighted by molar-refractivity contribution is 5.78. The number of amides is 1. The van der Waals surface area contributed by atoms with Gasteiger partial charge in [0.1, 0.15) is 0 Å². The van der Waals surface area contributed by atoms with Gasteiger partial charge in [0, 0.05) is 17.9 Å². The van der Waals surface area contributed by atoms with E-state index >= 15 is 0 Å². The minimum Gasteiger partial charge on any atom is -0.394 e. The van der Waals surface area contributed by atoms with E-state index in [0.29, 0.717) is 0 Å². The lowest BCUT2D eigenvalue weighted by molar-refractivity contribution is -0.121. The minimum absolute atomic E-state index is 0.0469. The molecular formula is C8H13N3O2. The van der Waals surface area contributed by atoms with Gasteiger partial charge in [0.15, 0.2) is 0 Å². The number of carbonyl (C=O) groups excluding carboxylic acids is 1. The Morgan fingerprint density at radius 2 is 2.62 bits per heavy atom. The van der Waals surface area contributed by atoms with Crippen molar-refractivity contribution in [2.45, 2.75) is 19.4 Å². The number of H-pyrrole nitrogens is 1. The molecule has 5 heteroatoms. The molecule has 0 aromatic carbocycles. The second-order valence-electron chi connectivity index (χ2n) is 2.91. The normalized spacial score (nSPS) is 12.5. The number of nitrogens with zero attached hydrogens (tertiary/aromatic N) is 1. The van der Waals surface area contributed by atoms with E-state index in [-0.39, 0.29) is 25.0 Å². The SMILES string of the molecule is C[C@@H](CO)NC(=O)Cc1ccn[nH]1. The van der Waals surface area contributed by atoms with Crippen LogP contribution in [0.15, 0.2) is 12.3 Å². The summed E-state index contributed by atoms with van der Waals surface area (Å²) in [5.74, 6) is -0.120. The lowest BCUT2D eigenvalue weighted by Gasteiger charge is -2.09. The zero-order valence-electron chi connectivity index (χ0n) is 7.45. The van der Waals surface area contributed by atoms with Gasteiger partial charge in [0.2, 0.25) is 5.91 Å². The van der Waals surface area contributed by atoms with E-state index in [9.17, 15) is 4.79 Å². The predicted octanol–water partition coefficient (Wildman–Crippen LogP) is -0.551. The summed E-state index contributed by atoms with van der Waals surface area (Å²) < 4.78 is 0. The Morgan fingerprint density at radius 3 is 3.15 bits per heavy atom. The first-order valence-electron chi connectivity index (χ1n) is 4.11. The molecule has 1 atom stereocenters. The zero-order chi connectivity index (χ0) is 9.68. The molecule has 1 aromatic heterocycles. The van der Waals surface area contributed by atoms with E-state index in [1.54, 1.807) is 19.2 Å². The fourth-order valence-corrected chi connectivity index (χ4v) is 0.928. The summed E-state index contributed by atoms with van der Waals surface area (Å²) in [6.07, 6.45) is 1.86. The molecule has 0 bridgehead atoms. The van der Waals surface area contributed by atoms with Crippen molar-refractivity contribution in [1.29, 1.82) is 0 Å². The molecule has 0 aliphatic carbocycles. The van der Waals surface area contributed by atoms with Crippen LogP contribution in [0.2, 0.25) is 0 Å². The molecule has 0 spiro atoms. The number of aromatic nitrogens is 2. The molecule has 3 N–H and O–H groups in total. The molecule has 0 aliphatic heterocycles. The molecule has 5 nitrogen and oxygen atoms in total. The van der Waals surface area contributed by atoms with E-state index in [0.717, 1.165) is 5.69 Å². The maximum absolute atomic E-state index is 11.2. The van der Waals surface area contributed by atoms with Crippen molar-refractivity contribution in [2.75, 3.05) is 6.61 Å². The highest BCUT2D eigenvalue weighted by Gasteiger charge is 2.07. The van der Waals surface area contributed by atoms with Gasteiger partial charge in [-0.2, -0.15) is 5.10 Å². The van der Waals surface area contributed by atoms with Crippen LogP contribution in [-0.4, -0.2) is 33.9 Å². The van der Waals surface area contributed by atoms with Gasteiger partial charge in [-0.15, -0.1) is 0 Å². The Bertz CT molecular complexity index is 258. The summed E-state index contributed by atoms with van der Waals surface area (Å²) in [7, 11) is 0. The molecule has 1 rings (SSSR count). The predicted molar refractivity (Wildman–Crippen MR) is 47.0 cm³/mol. The fourth-order valence-electron chi connectivity index (χ4n) is 0.928. The van der Waals surface area contributed by atoms with Crippen molar-refractivity contribution in [2.24, 2.45) is 0 Å². The summed E-state index contributed by atoms with van der Waals surface area (Å²) in [4.78, 5) is 11.2. The van der Waals surface area contributed by atoms with Crippen molar-refractivity contribution in [3.8, 4) is 0 Å². The third-order valence-corrected chi connectivity index (χ3v) is 1.59. The standard InChI is InChI=1S/C8H13N3O2/c1-6(5-12)10-8(13)4-7-2-3-9-11-7/h2-3,6,12H,4-5H2,1H3,(H,9,11)(H,10,13)/t6-/m0/s1. The summed E-state index contributed by atoms with van der Waals surface area (Å²) in [6, 6.07) is 1.54. The number of aliphatic hydroxyl groups excluding tert-OH is 1. The number of hydrogen-bond donors (Lipinski definition) is 3. The largest absolute Gasteiger partial charge is 0.394 e. The second-order valence-corrected chi connectivity index (χ2v) is 2.91. The van der Waals surface area contributed by atoms with Crippen LogP contribution in [0.3, 0.4) is 0 Å². The maximum Gasteiger partial charge on any atom is 0.226 e. The Balaban J connectivity index is 2.34. The first-order valence-corrected chi connectivity index (χ1v) is 4.11. The van der Waals surface area contributed by atoms with Gasteiger partial charge >= 0.3 is 0 Å². The van der Waals surface area contributed by atoms with Crippen LogP contribution in [0.5, 0.6) is 0 Å². The second kappa shape index (κ2) is 4.61. The van der Waals surface area contributed by atoms with Gasteiger partial charge in [-0.3, -0.25) is 9.89 Å². The van der Waals surface area contributed by atoms with Crippen molar-refractivity contribution >= 4 is 5.91 Å². The van der Waals surface area contributed by atoms with Crippen molar-refractivity contribution < 1.29 is 9.90 Å². The van der Waals surface area contributed by atoms with Crippen molar-refractivity contribution in [3.63, 3.8) is 0 Å². The zero-order valence-corrected chi connectivity index (χ0v) is 7.45. The first-order chi connectivity index (χ1) is 6.22. The lowest BCUT2D eigenvalue weighted by Crippen LogP contribution is -2.36. The molecule has 1 heterocycles. The minimum atomic E-state index is -0.199. The fraction of sp³-hybridized carbons (Fsp3) is 0.500. The Labute approximate surface area is 76.2 Å². The highest BCUT2D eigenvalue weighted by atomic mass is 16.3. The van der Waals surface area contributed by atoms with Gasteiger partial charge in [0.25, 0.3) is 0 Å². The van der Waals surface area contributed by atoms with Gasteiger partial charge < -0.3 is 10.4 Å². The van der Waals surface area contributed by atoms with Crippen LogP contribution in [0, 0.1) is 0 Å². The third kappa shape index (κ3) is 3.25. The number of rotatable bonds is 4. The molecule has 0 saturated heterocycles. The molecule has 0 radical (unpaired) electrons. The lowest BCUT2D eigenvalue weighted by atomic mass is 10.3. The Morgan fingerprint density at radius 1 is 1.85 bits per heavy atom. The summed E-state index contributed by atoms with van der Waals surface area (Å²) in [5.41, 5.74) is 0.766. The molecule has 0 aliphatic rings. The van der Waals surface area contributed by atoms with Gasteiger partial charge in [-0.1, -0.05) is 0 Å². The molecule has 1 amide bonds. The number of aromatic amines is 1. The number of carbonyl (C=O) groups is 1. The van der Waals surface area contributed by atoms with Crippen LogP contribution >= 0.6 is 0 Å². The quantitative estimate of drug-likeness (QED) is 0.586. The first kappa shape index (κ1) is 9.73. The van der Waals surface area contributed by atoms with E-state index in [1.165, 1.54) is 0 Å². The number of aliphatic hydroxyl groups is 1. The summed E-state index contributed by atoms with van der Waals surface area (Å²) in [6.45, 7) is 1.69. The van der Waals surface area contributed by atoms with Gasteiger partial charge in [-0.05, 0) is 13.0 Å². The average Bonchev–Trinajstić information content (AvgIpc) is 2.56. The Kier molecular flexibility index (Phi) is 3.45. The molecule has 0 unspecified atom stereocenters. The molecule has 0 fully saturated rings. The van der Waals surface area contributed by atoms with Crippen LogP contribution < -0.4 is 5.32 Å². The van der Waals surface area contributed by atoms with Crippen molar-refractivity contribution in [1.82, 2.24) is 15.5 Å². The van der Waals surface area contributed by atoms with Gasteiger partial charge in [0.05, 0.1) is 13.0 Å². The van der Waals surface area contributed by atoms with Crippen LogP contribution in [0.25, 0.3) is 0 Å². The van der Waals surface area contributed by atoms with E-state index in [2.05, 4.69) is 15.5 Å². The molecular weight excluding hydrogens is 170 g/mol. The topological polar surface area (TPSA) is 78.0 Å². The molecule has 0 saturated carbocycles. The highest BCUT2D eigenvalue weighted by Crippen LogP contribution is 1.93. The molecule has 1 aromatic rings. The molecule has 13 heavy (non-hydrogen) atoms. The molecule has 72 valence electrons. The van der Waals surface area contributed by atoms with E-state index in [4.69, 9.17) is 5.11 Å². The monoisotopic (exact) mass is 183 g/mol. The average molecular weight is 183 g/mol.